The van der Waals surface area contributed by atoms with Crippen molar-refractivity contribution >= 4 is 9.84 Å². The van der Waals surface area contributed by atoms with Gasteiger partial charge in [0.15, 0.2) is 9.84 Å². The van der Waals surface area contributed by atoms with Gasteiger partial charge in [-0.15, -0.1) is 0 Å². The summed E-state index contributed by atoms with van der Waals surface area (Å²) in [5.74, 6) is 1.55. The zero-order chi connectivity index (χ0) is 20.6. The van der Waals surface area contributed by atoms with Crippen molar-refractivity contribution < 1.29 is 12.9 Å². The van der Waals surface area contributed by atoms with E-state index in [4.69, 9.17) is 4.52 Å². The van der Waals surface area contributed by atoms with Gasteiger partial charge in [-0.25, -0.2) is 8.42 Å². The van der Waals surface area contributed by atoms with Crippen LogP contribution < -0.4 is 0 Å². The van der Waals surface area contributed by atoms with Gasteiger partial charge in [-0.2, -0.15) is 10.1 Å². The fourth-order valence-corrected chi connectivity index (χ4v) is 5.52. The number of benzene rings is 1. The van der Waals surface area contributed by atoms with Gasteiger partial charge in [-0.1, -0.05) is 35.5 Å². The lowest BCUT2D eigenvalue weighted by atomic mass is 10.1. The van der Waals surface area contributed by atoms with Crippen LogP contribution in [0.3, 0.4) is 0 Å². The number of hydrogen-bond donors (Lipinski definition) is 0. The van der Waals surface area contributed by atoms with Crippen molar-refractivity contribution in [2.75, 3.05) is 18.6 Å². The van der Waals surface area contributed by atoms with Crippen molar-refractivity contribution in [2.45, 2.75) is 39.4 Å². The second kappa shape index (κ2) is 7.72. The smallest absolute Gasteiger partial charge is 0.241 e. The Kier molecular flexibility index (Phi) is 5.26. The normalized spacial score (nSPS) is 18.6. The monoisotopic (exact) mass is 415 g/mol. The average molecular weight is 416 g/mol. The molecule has 0 bridgehead atoms. The minimum absolute atomic E-state index is 0.0675. The molecule has 0 radical (unpaired) electrons. The first-order chi connectivity index (χ1) is 13.8. The average Bonchev–Trinajstić information content (AvgIpc) is 3.36. The predicted molar refractivity (Wildman–Crippen MR) is 109 cm³/mol. The van der Waals surface area contributed by atoms with Gasteiger partial charge in [0, 0.05) is 23.4 Å². The molecule has 8 nitrogen and oxygen atoms in total. The molecule has 3 heterocycles. The van der Waals surface area contributed by atoms with Crippen LogP contribution >= 0.6 is 0 Å². The van der Waals surface area contributed by atoms with Gasteiger partial charge in [-0.3, -0.25) is 9.58 Å². The summed E-state index contributed by atoms with van der Waals surface area (Å²) in [5.41, 5.74) is 3.98. The molecule has 1 fully saturated rings. The van der Waals surface area contributed by atoms with Crippen LogP contribution in [0.2, 0.25) is 0 Å². The Morgan fingerprint density at radius 1 is 1.21 bits per heavy atom. The van der Waals surface area contributed by atoms with Crippen molar-refractivity contribution in [3.05, 3.63) is 53.2 Å². The number of nitrogens with zero attached hydrogens (tertiary/aromatic N) is 5. The van der Waals surface area contributed by atoms with E-state index in [1.165, 1.54) is 0 Å². The molecule has 3 aromatic rings. The molecular formula is C20H25N5O3S. The molecule has 0 aliphatic carbocycles. The molecule has 0 N–H and O–H groups in total. The topological polar surface area (TPSA) is 94.1 Å². The Morgan fingerprint density at radius 2 is 1.97 bits per heavy atom. The molecule has 9 heteroatoms. The molecule has 0 unspecified atom stereocenters. The van der Waals surface area contributed by atoms with E-state index in [9.17, 15) is 8.42 Å². The molecule has 1 atom stereocenters. The first kappa shape index (κ1) is 19.8. The van der Waals surface area contributed by atoms with E-state index in [1.807, 2.05) is 55.9 Å². The Morgan fingerprint density at radius 3 is 2.66 bits per heavy atom. The standard InChI is InChI=1S/C20H25N5O3S/c1-14-18(15(2)25(22-14)17-9-10-29(26,27)13-17)11-24(3)12-19-21-20(23-28-19)16-7-5-4-6-8-16/h4-8,17H,9-13H2,1-3H3/t17-/m1/s1. The second-order valence-corrected chi connectivity index (χ2v) is 9.93. The van der Waals surface area contributed by atoms with Gasteiger partial charge in [-0.05, 0) is 27.3 Å². The van der Waals surface area contributed by atoms with Crippen LogP contribution in [0.25, 0.3) is 11.4 Å². The third-order valence-electron chi connectivity index (χ3n) is 5.36. The van der Waals surface area contributed by atoms with Crippen molar-refractivity contribution in [3.8, 4) is 11.4 Å². The second-order valence-electron chi connectivity index (χ2n) is 7.70. The highest BCUT2D eigenvalue weighted by Gasteiger charge is 2.31. The fourth-order valence-electron chi connectivity index (χ4n) is 3.83. The fraction of sp³-hybridized carbons (Fsp3) is 0.450. The maximum absolute atomic E-state index is 11.8. The summed E-state index contributed by atoms with van der Waals surface area (Å²) in [6, 6.07) is 9.66. The summed E-state index contributed by atoms with van der Waals surface area (Å²) in [5, 5.41) is 8.70. The summed E-state index contributed by atoms with van der Waals surface area (Å²) in [4.78, 5) is 6.58. The maximum atomic E-state index is 11.8. The van der Waals surface area contributed by atoms with E-state index in [-0.39, 0.29) is 17.5 Å². The van der Waals surface area contributed by atoms with E-state index in [1.54, 1.807) is 0 Å². The van der Waals surface area contributed by atoms with Gasteiger partial charge < -0.3 is 4.52 Å². The third kappa shape index (κ3) is 4.25. The Balaban J connectivity index is 1.45. The number of aryl methyl sites for hydroxylation is 1. The minimum atomic E-state index is -2.95. The summed E-state index contributed by atoms with van der Waals surface area (Å²) >= 11 is 0. The molecular weight excluding hydrogens is 390 g/mol. The molecule has 1 aliphatic heterocycles. The largest absolute Gasteiger partial charge is 0.338 e. The number of rotatable bonds is 6. The molecule has 154 valence electrons. The SMILES string of the molecule is Cc1nn([C@@H]2CCS(=O)(=O)C2)c(C)c1CN(C)Cc1nc(-c2ccccc2)no1. The van der Waals surface area contributed by atoms with E-state index in [0.29, 0.717) is 31.2 Å². The summed E-state index contributed by atoms with van der Waals surface area (Å²) in [6.07, 6.45) is 0.629. The molecule has 0 saturated carbocycles. The van der Waals surface area contributed by atoms with Crippen molar-refractivity contribution in [3.63, 3.8) is 0 Å². The van der Waals surface area contributed by atoms with Crippen LogP contribution in [0.5, 0.6) is 0 Å². The molecule has 2 aromatic heterocycles. The highest BCUT2D eigenvalue weighted by atomic mass is 32.2. The van der Waals surface area contributed by atoms with Crippen molar-refractivity contribution in [1.29, 1.82) is 0 Å². The Labute approximate surface area is 170 Å². The first-order valence-electron chi connectivity index (χ1n) is 9.64. The molecule has 0 amide bonds. The number of hydrogen-bond acceptors (Lipinski definition) is 7. The molecule has 1 saturated heterocycles. The zero-order valence-electron chi connectivity index (χ0n) is 16.9. The zero-order valence-corrected chi connectivity index (χ0v) is 17.7. The van der Waals surface area contributed by atoms with Gasteiger partial charge in [0.25, 0.3) is 0 Å². The van der Waals surface area contributed by atoms with E-state index >= 15 is 0 Å². The van der Waals surface area contributed by atoms with E-state index < -0.39 is 9.84 Å². The first-order valence-corrected chi connectivity index (χ1v) is 11.5. The molecule has 1 aliphatic rings. The highest BCUT2D eigenvalue weighted by Crippen LogP contribution is 2.27. The lowest BCUT2D eigenvalue weighted by Gasteiger charge is -2.15. The quantitative estimate of drug-likeness (QED) is 0.611. The van der Waals surface area contributed by atoms with Gasteiger partial charge in [0.2, 0.25) is 11.7 Å². The van der Waals surface area contributed by atoms with Gasteiger partial charge in [0.05, 0.1) is 29.8 Å². The minimum Gasteiger partial charge on any atom is -0.338 e. The predicted octanol–water partition coefficient (Wildman–Crippen LogP) is 2.54. The third-order valence-corrected chi connectivity index (χ3v) is 7.11. The summed E-state index contributed by atoms with van der Waals surface area (Å²) in [6.45, 7) is 5.16. The van der Waals surface area contributed by atoms with Crippen LogP contribution in [0, 0.1) is 13.8 Å². The summed E-state index contributed by atoms with van der Waals surface area (Å²) in [7, 11) is -0.958. The summed E-state index contributed by atoms with van der Waals surface area (Å²) < 4.78 is 31.0. The van der Waals surface area contributed by atoms with Crippen molar-refractivity contribution in [2.24, 2.45) is 0 Å². The van der Waals surface area contributed by atoms with Gasteiger partial charge in [0.1, 0.15) is 0 Å². The molecule has 0 spiro atoms. The lowest BCUT2D eigenvalue weighted by Crippen LogP contribution is -2.19. The molecule has 29 heavy (non-hydrogen) atoms. The van der Waals surface area contributed by atoms with Crippen LogP contribution in [0.15, 0.2) is 34.9 Å². The molecule has 4 rings (SSSR count). The van der Waals surface area contributed by atoms with E-state index in [0.717, 1.165) is 22.5 Å². The van der Waals surface area contributed by atoms with Crippen LogP contribution in [-0.2, 0) is 22.9 Å². The maximum Gasteiger partial charge on any atom is 0.241 e. The number of sulfone groups is 1. The Hall–Kier alpha value is -2.52. The Bertz CT molecular complexity index is 1100. The lowest BCUT2D eigenvalue weighted by molar-refractivity contribution is 0.260. The molecule has 1 aromatic carbocycles. The van der Waals surface area contributed by atoms with Crippen LogP contribution in [0.4, 0.5) is 0 Å². The van der Waals surface area contributed by atoms with Crippen molar-refractivity contribution in [1.82, 2.24) is 24.8 Å². The van der Waals surface area contributed by atoms with E-state index in [2.05, 4.69) is 20.1 Å². The van der Waals surface area contributed by atoms with Crippen LogP contribution in [0.1, 0.15) is 35.3 Å². The van der Waals surface area contributed by atoms with Gasteiger partial charge >= 0.3 is 0 Å². The number of aromatic nitrogens is 4. The van der Waals surface area contributed by atoms with Crippen LogP contribution in [-0.4, -0.2) is 51.8 Å². The highest BCUT2D eigenvalue weighted by molar-refractivity contribution is 7.91.